The van der Waals surface area contributed by atoms with Gasteiger partial charge in [0.25, 0.3) is 5.91 Å². The van der Waals surface area contributed by atoms with E-state index in [1.807, 2.05) is 67.6 Å². The van der Waals surface area contributed by atoms with Crippen LogP contribution in [0.25, 0.3) is 27.7 Å². The maximum atomic E-state index is 12.5. The largest absolute Gasteiger partial charge is 0.494 e. The van der Waals surface area contributed by atoms with Gasteiger partial charge >= 0.3 is 0 Å². The minimum absolute atomic E-state index is 0.336. The van der Waals surface area contributed by atoms with Crippen molar-refractivity contribution in [2.75, 3.05) is 6.61 Å². The number of hydrazine groups is 1. The molecule has 3 N–H and O–H groups in total. The molecule has 1 aromatic heterocycles. The van der Waals surface area contributed by atoms with Crippen LogP contribution in [-0.2, 0) is 0 Å². The topological polar surface area (TPSA) is 79.0 Å². The number of aromatic amines is 1. The van der Waals surface area contributed by atoms with Gasteiger partial charge in [-0.2, -0.15) is 5.10 Å². The Labute approximate surface area is 174 Å². The molecule has 0 aliphatic carbocycles. The molecule has 0 fully saturated rings. The zero-order valence-corrected chi connectivity index (χ0v) is 16.6. The molecule has 0 atom stereocenters. The van der Waals surface area contributed by atoms with Crippen LogP contribution in [0.5, 0.6) is 5.75 Å². The molecule has 3 aromatic carbocycles. The highest BCUT2D eigenvalue weighted by atomic mass is 16.5. The van der Waals surface area contributed by atoms with Crippen molar-refractivity contribution in [1.82, 2.24) is 21.0 Å². The van der Waals surface area contributed by atoms with E-state index < -0.39 is 0 Å². The van der Waals surface area contributed by atoms with Gasteiger partial charge in [-0.3, -0.25) is 20.7 Å². The molecular formula is C24H22N4O2. The molecule has 0 aliphatic heterocycles. The van der Waals surface area contributed by atoms with Gasteiger partial charge in [0, 0.05) is 5.56 Å². The Morgan fingerprint density at radius 2 is 1.83 bits per heavy atom. The Bertz CT molecular complexity index is 1210. The van der Waals surface area contributed by atoms with E-state index in [2.05, 4.69) is 33.7 Å². The van der Waals surface area contributed by atoms with Gasteiger partial charge in [-0.15, -0.1) is 0 Å². The van der Waals surface area contributed by atoms with Crippen LogP contribution in [0.4, 0.5) is 0 Å². The van der Waals surface area contributed by atoms with Gasteiger partial charge in [0.2, 0.25) is 0 Å². The van der Waals surface area contributed by atoms with Gasteiger partial charge in [0.15, 0.2) is 0 Å². The van der Waals surface area contributed by atoms with Crippen LogP contribution in [0.2, 0.25) is 0 Å². The monoisotopic (exact) mass is 398 g/mol. The average molecular weight is 398 g/mol. The summed E-state index contributed by atoms with van der Waals surface area (Å²) in [6.45, 7) is 6.53. The molecule has 1 amide bonds. The summed E-state index contributed by atoms with van der Waals surface area (Å²) in [4.78, 5) is 12.5. The molecule has 0 saturated carbocycles. The summed E-state index contributed by atoms with van der Waals surface area (Å²) in [5.74, 6) is 0.425. The van der Waals surface area contributed by atoms with Gasteiger partial charge in [0.1, 0.15) is 11.4 Å². The van der Waals surface area contributed by atoms with Crippen LogP contribution >= 0.6 is 0 Å². The summed E-state index contributed by atoms with van der Waals surface area (Å²) in [5, 5.41) is 9.26. The van der Waals surface area contributed by atoms with Crippen LogP contribution in [0.1, 0.15) is 23.0 Å². The number of carbonyl (C=O) groups excluding carboxylic acids is 1. The molecule has 0 aliphatic rings. The highest BCUT2D eigenvalue weighted by molar-refractivity contribution is 5.94. The number of amides is 1. The molecule has 0 saturated heterocycles. The Kier molecular flexibility index (Phi) is 5.48. The van der Waals surface area contributed by atoms with Gasteiger partial charge in [-0.1, -0.05) is 55.1 Å². The minimum Gasteiger partial charge on any atom is -0.494 e. The smallest absolute Gasteiger partial charge is 0.287 e. The number of carbonyl (C=O) groups is 1. The first-order valence-electron chi connectivity index (χ1n) is 9.67. The van der Waals surface area contributed by atoms with Crippen molar-refractivity contribution in [1.29, 1.82) is 0 Å². The fourth-order valence-corrected chi connectivity index (χ4v) is 3.15. The third-order valence-corrected chi connectivity index (χ3v) is 4.69. The van der Waals surface area contributed by atoms with Gasteiger partial charge in [0.05, 0.1) is 18.0 Å². The van der Waals surface area contributed by atoms with Crippen molar-refractivity contribution in [3.8, 4) is 17.0 Å². The Balaban J connectivity index is 1.41. The normalized spacial score (nSPS) is 10.6. The number of ether oxygens (including phenoxy) is 1. The minimum atomic E-state index is -0.336. The molecule has 4 rings (SSSR count). The molecule has 1 heterocycles. The SMILES string of the molecule is C=C(NNC(=O)c1cc(-c2cccc(OCC)c2)n[nH]1)c1ccc2ccccc2c1. The molecule has 6 heteroatoms. The summed E-state index contributed by atoms with van der Waals surface area (Å²) in [6.07, 6.45) is 0. The van der Waals surface area contributed by atoms with Crippen LogP contribution in [0.15, 0.2) is 79.4 Å². The molecule has 6 nitrogen and oxygen atoms in total. The molecule has 0 spiro atoms. The van der Waals surface area contributed by atoms with Crippen molar-refractivity contribution in [3.05, 3.63) is 90.6 Å². The third-order valence-electron chi connectivity index (χ3n) is 4.69. The number of hydrogen-bond acceptors (Lipinski definition) is 4. The highest BCUT2D eigenvalue weighted by Gasteiger charge is 2.12. The predicted octanol–water partition coefficient (Wildman–Crippen LogP) is 4.53. The Hall–Kier alpha value is -4.06. The van der Waals surface area contributed by atoms with E-state index in [4.69, 9.17) is 4.74 Å². The van der Waals surface area contributed by atoms with Gasteiger partial charge in [-0.05, 0) is 47.5 Å². The summed E-state index contributed by atoms with van der Waals surface area (Å²) in [7, 11) is 0. The average Bonchev–Trinajstić information content (AvgIpc) is 3.28. The van der Waals surface area contributed by atoms with Crippen LogP contribution in [0, 0.1) is 0 Å². The van der Waals surface area contributed by atoms with E-state index in [0.29, 0.717) is 23.7 Å². The molecule has 30 heavy (non-hydrogen) atoms. The lowest BCUT2D eigenvalue weighted by molar-refractivity contribution is 0.0937. The number of hydrogen-bond donors (Lipinski definition) is 3. The molecule has 0 radical (unpaired) electrons. The van der Waals surface area contributed by atoms with Crippen LogP contribution in [-0.4, -0.2) is 22.7 Å². The number of H-pyrrole nitrogens is 1. The number of nitrogens with zero attached hydrogens (tertiary/aromatic N) is 1. The summed E-state index contributed by atoms with van der Waals surface area (Å²) < 4.78 is 5.52. The maximum Gasteiger partial charge on any atom is 0.287 e. The molecule has 0 bridgehead atoms. The lowest BCUT2D eigenvalue weighted by Gasteiger charge is -2.11. The number of rotatable bonds is 7. The van der Waals surface area contributed by atoms with E-state index in [0.717, 1.165) is 27.6 Å². The van der Waals surface area contributed by atoms with E-state index >= 15 is 0 Å². The second-order valence-electron chi connectivity index (χ2n) is 6.75. The lowest BCUT2D eigenvalue weighted by Crippen LogP contribution is -2.36. The highest BCUT2D eigenvalue weighted by Crippen LogP contribution is 2.23. The van der Waals surface area contributed by atoms with Crippen molar-refractivity contribution in [2.45, 2.75) is 6.92 Å². The summed E-state index contributed by atoms with van der Waals surface area (Å²) >= 11 is 0. The Morgan fingerprint density at radius 3 is 2.67 bits per heavy atom. The Morgan fingerprint density at radius 1 is 1.00 bits per heavy atom. The van der Waals surface area contributed by atoms with Crippen molar-refractivity contribution in [2.24, 2.45) is 0 Å². The van der Waals surface area contributed by atoms with E-state index in [9.17, 15) is 4.79 Å². The molecule has 150 valence electrons. The first-order chi connectivity index (χ1) is 14.6. The lowest BCUT2D eigenvalue weighted by atomic mass is 10.1. The van der Waals surface area contributed by atoms with Crippen molar-refractivity contribution in [3.63, 3.8) is 0 Å². The van der Waals surface area contributed by atoms with E-state index in [1.165, 1.54) is 0 Å². The fourth-order valence-electron chi connectivity index (χ4n) is 3.15. The predicted molar refractivity (Wildman–Crippen MR) is 119 cm³/mol. The fraction of sp³-hybridized carbons (Fsp3) is 0.0833. The quantitative estimate of drug-likeness (QED) is 0.400. The second-order valence-corrected chi connectivity index (χ2v) is 6.75. The van der Waals surface area contributed by atoms with Crippen LogP contribution in [0.3, 0.4) is 0 Å². The second kappa shape index (κ2) is 8.53. The summed E-state index contributed by atoms with van der Waals surface area (Å²) in [6, 6.07) is 23.4. The number of benzene rings is 3. The number of aromatic nitrogens is 2. The standard InChI is InChI=1S/C24H22N4O2/c1-3-30-21-10-6-9-20(14-21)22-15-23(27-26-22)24(29)28-25-16(2)18-12-11-17-7-4-5-8-19(17)13-18/h4-15,25H,2-3H2,1H3,(H,26,27)(H,28,29). The van der Waals surface area contributed by atoms with Crippen LogP contribution < -0.4 is 15.6 Å². The van der Waals surface area contributed by atoms with Crippen molar-refractivity contribution >= 4 is 22.4 Å². The van der Waals surface area contributed by atoms with E-state index in [-0.39, 0.29) is 5.91 Å². The molecular weight excluding hydrogens is 376 g/mol. The first-order valence-corrected chi connectivity index (χ1v) is 9.67. The van der Waals surface area contributed by atoms with Gasteiger partial charge in [-0.25, -0.2) is 0 Å². The number of nitrogens with one attached hydrogen (secondary N) is 3. The first kappa shape index (κ1) is 19.3. The van der Waals surface area contributed by atoms with Crippen molar-refractivity contribution < 1.29 is 9.53 Å². The maximum absolute atomic E-state index is 12.5. The zero-order valence-electron chi connectivity index (χ0n) is 16.6. The zero-order chi connectivity index (χ0) is 20.9. The molecule has 4 aromatic rings. The van der Waals surface area contributed by atoms with Gasteiger partial charge < -0.3 is 4.74 Å². The van der Waals surface area contributed by atoms with E-state index in [1.54, 1.807) is 6.07 Å². The third kappa shape index (κ3) is 4.17. The summed E-state index contributed by atoms with van der Waals surface area (Å²) in [5.41, 5.74) is 8.89. The number of fused-ring (bicyclic) bond motifs is 1. The molecule has 0 unspecified atom stereocenters.